The van der Waals surface area contributed by atoms with Crippen LogP contribution in [-0.2, 0) is 27.6 Å². The van der Waals surface area contributed by atoms with E-state index in [0.29, 0.717) is 29.6 Å². The lowest BCUT2D eigenvalue weighted by Crippen LogP contribution is -2.40. The molecule has 1 aliphatic rings. The first-order chi connectivity index (χ1) is 16.9. The molecule has 36 heavy (non-hydrogen) atoms. The molecule has 2 aromatic heterocycles. The first-order valence-electron chi connectivity index (χ1n) is 11.4. The Bertz CT molecular complexity index is 1400. The molecule has 0 aliphatic carbocycles. The number of nitrogens with zero attached hydrogens (tertiary/aromatic N) is 4. The third-order valence-corrected chi connectivity index (χ3v) is 6.93. The maximum Gasteiger partial charge on any atom is 0.266 e. The van der Waals surface area contributed by atoms with Crippen molar-refractivity contribution in [3.05, 3.63) is 63.5 Å². The normalized spacial score (nSPS) is 19.6. The molecule has 1 fully saturated rings. The first kappa shape index (κ1) is 25.7. The summed E-state index contributed by atoms with van der Waals surface area (Å²) >= 11 is 0. The van der Waals surface area contributed by atoms with E-state index < -0.39 is 28.8 Å². The zero-order chi connectivity index (χ0) is 26.4. The monoisotopic (exact) mass is 501 g/mol. The number of pyridine rings is 1. The SMILES string of the molecule is B[C@](C)(Nc1ncnc2c1cc([C@@]1(OC)CCN(C(C)=O)C1)c(=O)n2C)c1cccc(C(F)F)c1F. The van der Waals surface area contributed by atoms with Gasteiger partial charge in [-0.3, -0.25) is 14.2 Å². The van der Waals surface area contributed by atoms with Crippen molar-refractivity contribution in [3.8, 4) is 0 Å². The Labute approximate surface area is 206 Å². The minimum Gasteiger partial charge on any atom is -0.371 e. The average Bonchev–Trinajstić information content (AvgIpc) is 3.27. The van der Waals surface area contributed by atoms with Gasteiger partial charge in [-0.15, -0.1) is 0 Å². The number of anilines is 1. The Morgan fingerprint density at radius 2 is 2.06 bits per heavy atom. The quantitative estimate of drug-likeness (QED) is 0.522. The summed E-state index contributed by atoms with van der Waals surface area (Å²) in [6, 6.07) is 5.51. The van der Waals surface area contributed by atoms with Crippen molar-refractivity contribution in [1.82, 2.24) is 19.4 Å². The van der Waals surface area contributed by atoms with Crippen molar-refractivity contribution in [1.29, 1.82) is 0 Å². The number of halogens is 3. The molecule has 2 atom stereocenters. The predicted molar refractivity (Wildman–Crippen MR) is 131 cm³/mol. The van der Waals surface area contributed by atoms with Gasteiger partial charge in [0.15, 0.2) is 0 Å². The Morgan fingerprint density at radius 3 is 2.67 bits per heavy atom. The number of fused-ring (bicyclic) bond motifs is 1. The number of likely N-dealkylation sites (tertiary alicyclic amines) is 1. The number of carbonyl (C=O) groups excluding carboxylic acids is 1. The number of aryl methyl sites for hydroxylation is 1. The molecule has 3 aromatic rings. The maximum absolute atomic E-state index is 15.0. The van der Waals surface area contributed by atoms with Crippen LogP contribution in [-0.4, -0.2) is 53.4 Å². The number of aromatic nitrogens is 3. The number of nitrogens with one attached hydrogen (secondary N) is 1. The first-order valence-corrected chi connectivity index (χ1v) is 11.4. The fourth-order valence-corrected chi connectivity index (χ4v) is 4.81. The highest BCUT2D eigenvalue weighted by Gasteiger charge is 2.43. The van der Waals surface area contributed by atoms with Crippen molar-refractivity contribution in [2.75, 3.05) is 25.5 Å². The molecule has 4 rings (SSSR count). The summed E-state index contributed by atoms with van der Waals surface area (Å²) in [4.78, 5) is 35.5. The van der Waals surface area contributed by atoms with Gasteiger partial charge in [-0.25, -0.2) is 23.1 Å². The molecular formula is C24H27BF3N5O3. The molecule has 3 heterocycles. The lowest BCUT2D eigenvalue weighted by Gasteiger charge is -2.30. The van der Waals surface area contributed by atoms with Crippen LogP contribution in [0.5, 0.6) is 0 Å². The number of hydrogen-bond acceptors (Lipinski definition) is 6. The van der Waals surface area contributed by atoms with Gasteiger partial charge in [0.1, 0.15) is 37.1 Å². The molecule has 1 amide bonds. The van der Waals surface area contributed by atoms with Crippen LogP contribution in [0.15, 0.2) is 35.4 Å². The summed E-state index contributed by atoms with van der Waals surface area (Å²) in [5.74, 6) is -0.825. The summed E-state index contributed by atoms with van der Waals surface area (Å²) in [6.45, 7) is 3.76. The van der Waals surface area contributed by atoms with Crippen molar-refractivity contribution >= 4 is 30.6 Å². The predicted octanol–water partition coefficient (Wildman–Crippen LogP) is 2.42. The van der Waals surface area contributed by atoms with Crippen molar-refractivity contribution in [2.45, 2.75) is 37.7 Å². The number of ether oxygens (including phenoxy) is 1. The van der Waals surface area contributed by atoms with Gasteiger partial charge in [0, 0.05) is 45.0 Å². The third-order valence-electron chi connectivity index (χ3n) is 6.93. The van der Waals surface area contributed by atoms with Crippen LogP contribution in [0, 0.1) is 5.82 Å². The van der Waals surface area contributed by atoms with E-state index in [1.165, 1.54) is 37.1 Å². The molecule has 1 aromatic carbocycles. The molecule has 1 saturated heterocycles. The van der Waals surface area contributed by atoms with E-state index in [1.54, 1.807) is 32.8 Å². The number of methoxy groups -OCH3 is 1. The second-order valence-electron chi connectivity index (χ2n) is 9.53. The number of alkyl halides is 2. The average molecular weight is 501 g/mol. The van der Waals surface area contributed by atoms with Gasteiger partial charge >= 0.3 is 0 Å². The van der Waals surface area contributed by atoms with Gasteiger partial charge in [-0.1, -0.05) is 18.2 Å². The molecule has 0 bridgehead atoms. The Morgan fingerprint density at radius 1 is 1.33 bits per heavy atom. The van der Waals surface area contributed by atoms with Gasteiger partial charge in [0.25, 0.3) is 12.0 Å². The van der Waals surface area contributed by atoms with Crippen LogP contribution >= 0.6 is 0 Å². The summed E-state index contributed by atoms with van der Waals surface area (Å²) in [5.41, 5.74) is -2.47. The molecule has 0 saturated carbocycles. The topological polar surface area (TPSA) is 89.4 Å². The van der Waals surface area contributed by atoms with Crippen molar-refractivity contribution < 1.29 is 22.7 Å². The fourth-order valence-electron chi connectivity index (χ4n) is 4.81. The van der Waals surface area contributed by atoms with E-state index in [-0.39, 0.29) is 29.4 Å². The third kappa shape index (κ3) is 4.23. The van der Waals surface area contributed by atoms with Gasteiger partial charge < -0.3 is 15.0 Å². The molecular weight excluding hydrogens is 474 g/mol. The molecule has 8 nitrogen and oxygen atoms in total. The van der Waals surface area contributed by atoms with E-state index in [4.69, 9.17) is 4.74 Å². The second-order valence-corrected chi connectivity index (χ2v) is 9.53. The Hall–Kier alpha value is -3.41. The summed E-state index contributed by atoms with van der Waals surface area (Å²) in [5, 5.41) is 3.61. The number of hydrogen-bond donors (Lipinski definition) is 1. The molecule has 0 unspecified atom stereocenters. The molecule has 1 N–H and O–H groups in total. The standard InChI is InChI=1S/C24H27BF3N5O3/c1-13(34)33-9-8-24(11-33,36-4)17-10-15-20(29-12-30-21(15)32(3)22(17)35)31-23(2,25)16-7-5-6-14(18(16)26)19(27)28/h5-7,10,12,19H,8-9,11,25H2,1-4H3,(H,29,30,31)/t23-,24-/m1/s1. The van der Waals surface area contributed by atoms with Crippen LogP contribution < -0.4 is 10.9 Å². The largest absolute Gasteiger partial charge is 0.371 e. The van der Waals surface area contributed by atoms with E-state index >= 15 is 0 Å². The molecule has 190 valence electrons. The van der Waals surface area contributed by atoms with E-state index in [1.807, 2.05) is 0 Å². The summed E-state index contributed by atoms with van der Waals surface area (Å²) in [7, 11) is 4.72. The van der Waals surface area contributed by atoms with Crippen LogP contribution in [0.25, 0.3) is 11.0 Å². The second kappa shape index (κ2) is 9.23. The van der Waals surface area contributed by atoms with Crippen LogP contribution in [0.3, 0.4) is 0 Å². The minimum absolute atomic E-state index is 0.0401. The minimum atomic E-state index is -2.95. The van der Waals surface area contributed by atoms with Crippen molar-refractivity contribution in [2.24, 2.45) is 7.05 Å². The van der Waals surface area contributed by atoms with Gasteiger partial charge in [0.05, 0.1) is 23.1 Å². The zero-order valence-corrected chi connectivity index (χ0v) is 20.7. The molecule has 12 heteroatoms. The highest BCUT2D eigenvalue weighted by molar-refractivity contribution is 6.17. The zero-order valence-electron chi connectivity index (χ0n) is 20.7. The maximum atomic E-state index is 15.0. The van der Waals surface area contributed by atoms with Crippen LogP contribution in [0.4, 0.5) is 19.0 Å². The lowest BCUT2D eigenvalue weighted by molar-refractivity contribution is -0.129. The smallest absolute Gasteiger partial charge is 0.266 e. The van der Waals surface area contributed by atoms with E-state index in [2.05, 4.69) is 15.3 Å². The van der Waals surface area contributed by atoms with Crippen LogP contribution in [0.1, 0.15) is 43.4 Å². The van der Waals surface area contributed by atoms with Gasteiger partial charge in [0.2, 0.25) is 5.91 Å². The molecule has 0 spiro atoms. The van der Waals surface area contributed by atoms with Crippen molar-refractivity contribution in [3.63, 3.8) is 0 Å². The molecule has 0 radical (unpaired) electrons. The van der Waals surface area contributed by atoms with Gasteiger partial charge in [-0.05, 0) is 13.0 Å². The highest BCUT2D eigenvalue weighted by Crippen LogP contribution is 2.36. The Kier molecular flexibility index (Phi) is 6.59. The number of benzene rings is 1. The molecule has 1 aliphatic heterocycles. The fraction of sp³-hybridized carbons (Fsp3) is 0.417. The van der Waals surface area contributed by atoms with Gasteiger partial charge in [-0.2, -0.15) is 0 Å². The number of carbonyl (C=O) groups is 1. The van der Waals surface area contributed by atoms with E-state index in [9.17, 15) is 22.8 Å². The van der Waals surface area contributed by atoms with E-state index in [0.717, 1.165) is 6.07 Å². The lowest BCUT2D eigenvalue weighted by atomic mass is 9.73. The summed E-state index contributed by atoms with van der Waals surface area (Å²) < 4.78 is 48.8. The Balaban J connectivity index is 1.85. The number of amides is 1. The summed E-state index contributed by atoms with van der Waals surface area (Å²) in [6.07, 6.45) is -1.26. The number of rotatable bonds is 6. The van der Waals surface area contributed by atoms with Crippen LogP contribution in [0.2, 0.25) is 0 Å². The highest BCUT2D eigenvalue weighted by atomic mass is 19.3.